The molecule has 0 amide bonds. The Labute approximate surface area is 484 Å². The lowest BCUT2D eigenvalue weighted by molar-refractivity contribution is -0.432. The van der Waals surface area contributed by atoms with Gasteiger partial charge in [0.25, 0.3) is 0 Å². The Morgan fingerprint density at radius 3 is 1.49 bits per heavy atom. The van der Waals surface area contributed by atoms with Gasteiger partial charge in [0.05, 0.1) is 34.9 Å². The number of ether oxygens (including phenoxy) is 1. The standard InChI is InChI=1S/C43H45N5O11SSi.C16H28O4Si/c1-4-55-61(56-5-2,57-6-3)24-22-28-13-11-27(12-14-28)21-23-54-43(52)39-37(49)20-19-36(42(39)51)47-45-34-17-18-35(32-10-8-7-9-31(32)34)46-48-40-38(60-59-58-53)25-29-15-16-30(44)26-33(29)41(40)50;1-4-18-21(19-5-2,20-6-3)14-12-16-9-7-15(8-10-16)11-13-17/h7-20,25-26,49-51,53H,4-6,21-24,44H2,1-3H3;7-10,17H,4-6,11-14H2,1-3H3. The van der Waals surface area contributed by atoms with Crippen LogP contribution in [0, 0.1) is 0 Å². The predicted octanol–water partition coefficient (Wildman–Crippen LogP) is 13.8. The van der Waals surface area contributed by atoms with Gasteiger partial charge < -0.3 is 57.5 Å². The number of esters is 1. The minimum absolute atomic E-state index is 0.00631. The maximum absolute atomic E-state index is 13.1. The number of hydrogen-bond acceptors (Lipinski definition) is 21. The van der Waals surface area contributed by atoms with Crippen molar-refractivity contribution >= 4 is 85.6 Å². The van der Waals surface area contributed by atoms with Gasteiger partial charge in [0.15, 0.2) is 11.5 Å². The molecule has 0 aromatic heterocycles. The third-order valence-electron chi connectivity index (χ3n) is 12.7. The van der Waals surface area contributed by atoms with E-state index in [2.05, 4.69) is 54.1 Å². The fourth-order valence-corrected chi connectivity index (χ4v) is 14.6. The molecule has 20 nitrogen and oxygen atoms in total. The number of benzene rings is 7. The number of nitrogens with two attached hydrogens (primary N) is 1. The number of rotatable bonds is 31. The zero-order chi connectivity index (χ0) is 58.9. The molecule has 0 spiro atoms. The summed E-state index contributed by atoms with van der Waals surface area (Å²) in [4.78, 5) is 13.4. The molecule has 23 heteroatoms. The number of aryl methyl sites for hydroxylation is 2. The lowest BCUT2D eigenvalue weighted by Gasteiger charge is -2.28. The van der Waals surface area contributed by atoms with Crippen molar-refractivity contribution in [2.75, 3.05) is 58.6 Å². The molecule has 82 heavy (non-hydrogen) atoms. The van der Waals surface area contributed by atoms with E-state index in [1.807, 2.05) is 65.8 Å². The van der Waals surface area contributed by atoms with Crippen LogP contribution in [-0.2, 0) is 66.3 Å². The highest BCUT2D eigenvalue weighted by Crippen LogP contribution is 2.45. The third kappa shape index (κ3) is 17.9. The van der Waals surface area contributed by atoms with E-state index in [1.165, 1.54) is 17.7 Å². The quantitative estimate of drug-likeness (QED) is 0.00448. The number of phenolic OH excluding ortho intramolecular Hbond substituents is 3. The van der Waals surface area contributed by atoms with Gasteiger partial charge in [-0.25, -0.2) is 10.1 Å². The molecule has 0 radical (unpaired) electrons. The van der Waals surface area contributed by atoms with Gasteiger partial charge in [-0.3, -0.25) is 0 Å². The molecule has 0 fully saturated rings. The van der Waals surface area contributed by atoms with Crippen molar-refractivity contribution in [2.45, 2.75) is 84.2 Å². The summed E-state index contributed by atoms with van der Waals surface area (Å²) in [5.41, 5.74) is 11.1. The summed E-state index contributed by atoms with van der Waals surface area (Å²) >= 11 is 0.621. The molecule has 438 valence electrons. The molecule has 7 N–H and O–H groups in total. The van der Waals surface area contributed by atoms with Gasteiger partial charge in [-0.2, -0.15) is 0 Å². The van der Waals surface area contributed by atoms with E-state index in [9.17, 15) is 20.1 Å². The second kappa shape index (κ2) is 32.8. The van der Waals surface area contributed by atoms with Crippen LogP contribution < -0.4 is 5.73 Å². The van der Waals surface area contributed by atoms with Crippen molar-refractivity contribution in [3.63, 3.8) is 0 Å². The summed E-state index contributed by atoms with van der Waals surface area (Å²) in [6.45, 7) is 15.3. The monoisotopic (exact) mass is 1180 g/mol. The van der Waals surface area contributed by atoms with Gasteiger partial charge in [0.1, 0.15) is 22.7 Å². The van der Waals surface area contributed by atoms with Crippen molar-refractivity contribution < 1.29 is 71.1 Å². The molecule has 0 aliphatic carbocycles. The first-order valence-corrected chi connectivity index (χ1v) is 31.8. The molecular formula is C59H73N5O15SSi2. The fourth-order valence-electron chi connectivity index (χ4n) is 8.88. The highest BCUT2D eigenvalue weighted by atomic mass is 32.2. The molecule has 7 aromatic carbocycles. The van der Waals surface area contributed by atoms with Gasteiger partial charge in [-0.1, -0.05) is 83.9 Å². The number of aliphatic hydroxyl groups excluding tert-OH is 1. The third-order valence-corrected chi connectivity index (χ3v) is 19.4. The van der Waals surface area contributed by atoms with Crippen LogP contribution >= 0.6 is 12.0 Å². The second-order valence-corrected chi connectivity index (χ2v) is 24.3. The van der Waals surface area contributed by atoms with E-state index < -0.39 is 40.6 Å². The van der Waals surface area contributed by atoms with Gasteiger partial charge >= 0.3 is 23.6 Å². The van der Waals surface area contributed by atoms with Crippen molar-refractivity contribution in [3.05, 3.63) is 149 Å². The zero-order valence-corrected chi connectivity index (χ0v) is 49.9. The Morgan fingerprint density at radius 2 is 1.00 bits per heavy atom. The van der Waals surface area contributed by atoms with Crippen LogP contribution in [-0.4, -0.2) is 102 Å². The minimum atomic E-state index is -2.77. The molecule has 0 saturated heterocycles. The van der Waals surface area contributed by atoms with Gasteiger partial charge in [0.2, 0.25) is 0 Å². The summed E-state index contributed by atoms with van der Waals surface area (Å²) < 4.78 is 45.6. The van der Waals surface area contributed by atoms with Crippen LogP contribution in [0.15, 0.2) is 147 Å². The Hall–Kier alpha value is -6.69. The van der Waals surface area contributed by atoms with Crippen LogP contribution in [0.4, 0.5) is 28.4 Å². The number of hydrogen-bond donors (Lipinski definition) is 6. The second-order valence-electron chi connectivity index (χ2n) is 18.1. The lowest BCUT2D eigenvalue weighted by atomic mass is 10.1. The fraction of sp³-hybridized carbons (Fsp3) is 0.339. The summed E-state index contributed by atoms with van der Waals surface area (Å²) in [5.74, 6) is -2.21. The maximum atomic E-state index is 13.1. The van der Waals surface area contributed by atoms with Crippen LogP contribution in [0.3, 0.4) is 0 Å². The summed E-state index contributed by atoms with van der Waals surface area (Å²) in [6, 6.07) is 37.4. The van der Waals surface area contributed by atoms with Crippen molar-refractivity contribution in [2.24, 2.45) is 20.5 Å². The molecule has 0 heterocycles. The van der Waals surface area contributed by atoms with Gasteiger partial charge in [-0.05, 0) is 131 Å². The predicted molar refractivity (Wildman–Crippen MR) is 319 cm³/mol. The van der Waals surface area contributed by atoms with E-state index in [1.54, 1.807) is 60.7 Å². The van der Waals surface area contributed by atoms with Crippen molar-refractivity contribution in [3.8, 4) is 17.2 Å². The Kier molecular flexibility index (Phi) is 25.8. The number of carbonyl (C=O) groups excluding carboxylic acids is 1. The number of nitrogens with zero attached hydrogens (tertiary/aromatic N) is 4. The van der Waals surface area contributed by atoms with Crippen molar-refractivity contribution in [1.82, 2.24) is 0 Å². The molecule has 0 bridgehead atoms. The normalized spacial score (nSPS) is 12.0. The number of aliphatic hydroxyl groups is 1. The summed E-state index contributed by atoms with van der Waals surface area (Å²) in [6.07, 6.45) is 2.70. The first-order chi connectivity index (χ1) is 39.8. The summed E-state index contributed by atoms with van der Waals surface area (Å²) in [7, 11) is -5.32. The first-order valence-electron chi connectivity index (χ1n) is 27.2. The Balaban J connectivity index is 0.000000433. The summed E-state index contributed by atoms with van der Waals surface area (Å²) in [5, 5.41) is 73.8. The topological polar surface area (TPSA) is 277 Å². The average molecular weight is 1180 g/mol. The number of azo groups is 2. The molecule has 0 saturated carbocycles. The van der Waals surface area contributed by atoms with E-state index >= 15 is 0 Å². The van der Waals surface area contributed by atoms with Crippen LogP contribution in [0.1, 0.15) is 74.2 Å². The van der Waals surface area contributed by atoms with E-state index in [0.717, 1.165) is 35.6 Å². The lowest BCUT2D eigenvalue weighted by Crippen LogP contribution is -2.46. The minimum Gasteiger partial charge on any atom is -0.507 e. The van der Waals surface area contributed by atoms with Crippen LogP contribution in [0.2, 0.25) is 12.1 Å². The number of anilines is 1. The van der Waals surface area contributed by atoms with Gasteiger partial charge in [0, 0.05) is 86.6 Å². The van der Waals surface area contributed by atoms with Gasteiger partial charge in [-0.15, -0.1) is 24.8 Å². The van der Waals surface area contributed by atoms with E-state index in [4.69, 9.17) is 47.4 Å². The largest absolute Gasteiger partial charge is 0.507 e. The number of phenols is 3. The van der Waals surface area contributed by atoms with Crippen LogP contribution in [0.5, 0.6) is 17.2 Å². The van der Waals surface area contributed by atoms with Crippen LogP contribution in [0.25, 0.3) is 21.5 Å². The Morgan fingerprint density at radius 1 is 0.537 bits per heavy atom. The van der Waals surface area contributed by atoms with Crippen molar-refractivity contribution in [1.29, 1.82) is 0 Å². The Bertz CT molecular complexity index is 3180. The molecule has 0 atom stereocenters. The smallest absolute Gasteiger partial charge is 0.501 e. The molecular weight excluding hydrogens is 1110 g/mol. The molecule has 0 aliphatic rings. The number of fused-ring (bicyclic) bond motifs is 2. The highest BCUT2D eigenvalue weighted by molar-refractivity contribution is 7.94. The first kappa shape index (κ1) is 64.5. The molecule has 7 aromatic rings. The number of carbonyl (C=O) groups is 1. The number of aromatic hydroxyl groups is 3. The van der Waals surface area contributed by atoms with E-state index in [0.29, 0.717) is 114 Å². The molecule has 7 rings (SSSR count). The zero-order valence-electron chi connectivity index (χ0n) is 47.0. The van der Waals surface area contributed by atoms with E-state index in [-0.39, 0.29) is 30.3 Å². The highest BCUT2D eigenvalue weighted by Gasteiger charge is 2.41. The average Bonchev–Trinajstić information content (AvgIpc) is 3.53. The maximum Gasteiger partial charge on any atom is 0.501 e. The SMILES string of the molecule is CCO[Si](CCc1ccc(CCO)cc1)(OCC)OCC.CCO[Si](CCc1ccc(CCOC(=O)c2c(O)ccc(N=Nc3ccc(N=Nc4c(SOOO)cc5ccc(N)cc5c4O)c4ccccc34)c2O)cc1)(OCC)OCC. The molecule has 0 aliphatic heterocycles. The number of nitrogen functional groups attached to an aromatic ring is 1. The molecule has 0 unspecified atom stereocenters.